The molecule has 2 heterocycles. The van der Waals surface area contributed by atoms with Crippen molar-refractivity contribution in [2.45, 2.75) is 45.6 Å². The maximum absolute atomic E-state index is 13.3. The molecule has 1 saturated heterocycles. The number of hydrogen-bond acceptors (Lipinski definition) is 5. The van der Waals surface area contributed by atoms with Crippen molar-refractivity contribution in [1.82, 2.24) is 10.2 Å². The zero-order valence-corrected chi connectivity index (χ0v) is 20.1. The molecule has 2 N–H and O–H groups in total. The molecule has 1 aliphatic carbocycles. The van der Waals surface area contributed by atoms with Crippen LogP contribution >= 0.6 is 0 Å². The van der Waals surface area contributed by atoms with Crippen molar-refractivity contribution >= 4 is 29.0 Å². The molecule has 2 aliphatic heterocycles. The molecule has 8 nitrogen and oxygen atoms in total. The summed E-state index contributed by atoms with van der Waals surface area (Å²) in [6.07, 6.45) is 6.37. The summed E-state index contributed by atoms with van der Waals surface area (Å²) >= 11 is 0. The largest absolute Gasteiger partial charge is 0.480 e. The molecule has 2 atom stereocenters. The number of likely N-dealkylation sites (N-methyl/N-ethyl adjacent to an activating group) is 2. The van der Waals surface area contributed by atoms with Gasteiger partial charge in [0.1, 0.15) is 6.54 Å². The van der Waals surface area contributed by atoms with Crippen molar-refractivity contribution in [2.75, 3.05) is 44.3 Å². The number of benzene rings is 1. The number of nitrogens with zero attached hydrogens (tertiary/aromatic N) is 2. The lowest BCUT2D eigenvalue weighted by molar-refractivity contribution is -0.135. The topological polar surface area (TPSA) is 99.2 Å². The molecule has 1 unspecified atom stereocenters. The number of ether oxygens (including phenoxy) is 1. The maximum atomic E-state index is 13.3. The number of anilines is 1. The minimum atomic E-state index is -0.863. The molecular weight excluding hydrogens is 434 g/mol. The summed E-state index contributed by atoms with van der Waals surface area (Å²) in [5, 5.41) is 12.3. The van der Waals surface area contributed by atoms with Gasteiger partial charge in [-0.15, -0.1) is 0 Å². The van der Waals surface area contributed by atoms with Crippen molar-refractivity contribution in [3.05, 3.63) is 35.4 Å². The van der Waals surface area contributed by atoms with E-state index in [9.17, 15) is 19.5 Å². The molecule has 0 radical (unpaired) electrons. The predicted molar refractivity (Wildman–Crippen MR) is 130 cm³/mol. The van der Waals surface area contributed by atoms with E-state index in [1.54, 1.807) is 6.07 Å². The normalized spacial score (nSPS) is 21.9. The average Bonchev–Trinajstić information content (AvgIpc) is 3.14. The van der Waals surface area contributed by atoms with E-state index in [0.29, 0.717) is 30.5 Å². The lowest BCUT2D eigenvalue weighted by Gasteiger charge is -2.35. The zero-order chi connectivity index (χ0) is 24.2. The third kappa shape index (κ3) is 4.97. The molecular formula is C26H35N3O5. The molecule has 184 valence electrons. The van der Waals surface area contributed by atoms with Crippen molar-refractivity contribution in [3.63, 3.8) is 0 Å². The Bertz CT molecular complexity index is 969. The Labute approximate surface area is 200 Å². The highest BCUT2D eigenvalue weighted by Crippen LogP contribution is 2.47. The molecule has 1 aromatic carbocycles. The molecule has 4 rings (SSSR count). The predicted octanol–water partition coefficient (Wildman–Crippen LogP) is 2.78. The summed E-state index contributed by atoms with van der Waals surface area (Å²) in [4.78, 5) is 40.5. The smallest absolute Gasteiger partial charge is 0.323 e. The monoisotopic (exact) mass is 469 g/mol. The second-order valence-corrected chi connectivity index (χ2v) is 9.36. The molecule has 2 amide bonds. The summed E-state index contributed by atoms with van der Waals surface area (Å²) in [5.74, 6) is -0.213. The number of fused-ring (bicyclic) bond motifs is 3. The first-order valence-electron chi connectivity index (χ1n) is 12.4. The molecule has 0 aromatic heterocycles. The average molecular weight is 470 g/mol. The van der Waals surface area contributed by atoms with E-state index in [-0.39, 0.29) is 30.9 Å². The highest BCUT2D eigenvalue weighted by Gasteiger charge is 2.39. The first kappa shape index (κ1) is 24.3. The number of nitrogens with one attached hydrogen (secondary N) is 1. The Balaban J connectivity index is 1.65. The van der Waals surface area contributed by atoms with Gasteiger partial charge in [0, 0.05) is 43.1 Å². The number of carbonyl (C=O) groups is 3. The summed E-state index contributed by atoms with van der Waals surface area (Å²) in [6, 6.07) is 5.54. The quantitative estimate of drug-likeness (QED) is 0.608. The fourth-order valence-electron chi connectivity index (χ4n) is 5.64. The van der Waals surface area contributed by atoms with Gasteiger partial charge in [0.2, 0.25) is 5.91 Å². The first-order valence-corrected chi connectivity index (χ1v) is 12.4. The Kier molecular flexibility index (Phi) is 7.56. The standard InChI is InChI=1S/C26H35N3O5/c1-3-27-24(30)15-28(4-2)26(33)19-6-8-23-21(14-19)20-13-18(17-9-11-34-12-10-17)5-7-22(20)29(23)16-25(31)32/h6,8,13-14,17-18,22H,3-5,7,9-12,15-16H2,1-2H3,(H,27,30)(H,31,32)/t18-,22?/m0/s1. The fourth-order valence-corrected chi connectivity index (χ4v) is 5.64. The number of carboxylic acid groups (broad SMARTS) is 1. The van der Waals surface area contributed by atoms with Gasteiger partial charge in [-0.05, 0) is 75.1 Å². The Morgan fingerprint density at radius 1 is 1.15 bits per heavy atom. The van der Waals surface area contributed by atoms with E-state index in [1.165, 1.54) is 4.90 Å². The lowest BCUT2D eigenvalue weighted by atomic mass is 9.76. The van der Waals surface area contributed by atoms with Crippen LogP contribution in [0.15, 0.2) is 24.3 Å². The number of amides is 2. The summed E-state index contributed by atoms with van der Waals surface area (Å²) in [6.45, 7) is 6.20. The molecule has 1 fully saturated rings. The van der Waals surface area contributed by atoms with Gasteiger partial charge < -0.3 is 25.0 Å². The zero-order valence-electron chi connectivity index (χ0n) is 20.1. The second kappa shape index (κ2) is 10.6. The Morgan fingerprint density at radius 3 is 2.59 bits per heavy atom. The van der Waals surface area contributed by atoms with Gasteiger partial charge in [-0.2, -0.15) is 0 Å². The molecule has 34 heavy (non-hydrogen) atoms. The van der Waals surface area contributed by atoms with Gasteiger partial charge >= 0.3 is 5.97 Å². The molecule has 0 spiro atoms. The minimum Gasteiger partial charge on any atom is -0.480 e. The number of rotatable bonds is 8. The highest BCUT2D eigenvalue weighted by molar-refractivity contribution is 6.00. The van der Waals surface area contributed by atoms with Gasteiger partial charge in [-0.3, -0.25) is 14.4 Å². The van der Waals surface area contributed by atoms with E-state index < -0.39 is 5.97 Å². The summed E-state index contributed by atoms with van der Waals surface area (Å²) in [7, 11) is 0. The van der Waals surface area contributed by atoms with Gasteiger partial charge in [-0.1, -0.05) is 6.08 Å². The second-order valence-electron chi connectivity index (χ2n) is 9.36. The van der Waals surface area contributed by atoms with Crippen LogP contribution in [0.1, 0.15) is 55.5 Å². The molecule has 1 aromatic rings. The number of allylic oxidation sites excluding steroid dienone is 1. The van der Waals surface area contributed by atoms with Crippen molar-refractivity contribution in [2.24, 2.45) is 11.8 Å². The molecule has 0 saturated carbocycles. The van der Waals surface area contributed by atoms with E-state index in [4.69, 9.17) is 4.74 Å². The van der Waals surface area contributed by atoms with Crippen LogP contribution in [0.5, 0.6) is 0 Å². The number of hydrogen-bond donors (Lipinski definition) is 2. The summed E-state index contributed by atoms with van der Waals surface area (Å²) < 4.78 is 5.55. The third-order valence-electron chi connectivity index (χ3n) is 7.32. The minimum absolute atomic E-state index is 0.0164. The number of aliphatic carboxylic acids is 1. The van der Waals surface area contributed by atoms with Crippen molar-refractivity contribution in [3.8, 4) is 0 Å². The Morgan fingerprint density at radius 2 is 1.91 bits per heavy atom. The van der Waals surface area contributed by atoms with Crippen LogP contribution < -0.4 is 10.2 Å². The molecule has 0 bridgehead atoms. The van der Waals surface area contributed by atoms with E-state index >= 15 is 0 Å². The Hall–Kier alpha value is -2.87. The van der Waals surface area contributed by atoms with Crippen LogP contribution in [0.2, 0.25) is 0 Å². The maximum Gasteiger partial charge on any atom is 0.323 e. The SMILES string of the molecule is CCNC(=O)CN(CC)C(=O)c1ccc2c(c1)C1=C[C@@H](C3CCOCC3)CCC1N2CC(=O)O. The van der Waals surface area contributed by atoms with Crippen LogP contribution in [0.3, 0.4) is 0 Å². The van der Waals surface area contributed by atoms with Crippen LogP contribution in [-0.2, 0) is 14.3 Å². The first-order chi connectivity index (χ1) is 16.4. The van der Waals surface area contributed by atoms with Gasteiger partial charge in [-0.25, -0.2) is 0 Å². The van der Waals surface area contributed by atoms with E-state index in [0.717, 1.165) is 55.7 Å². The summed E-state index contributed by atoms with van der Waals surface area (Å²) in [5.41, 5.74) is 3.48. The van der Waals surface area contributed by atoms with Crippen LogP contribution in [0.25, 0.3) is 5.57 Å². The van der Waals surface area contributed by atoms with Crippen LogP contribution in [0, 0.1) is 11.8 Å². The number of carbonyl (C=O) groups excluding carboxylic acids is 2. The van der Waals surface area contributed by atoms with Crippen LogP contribution in [0.4, 0.5) is 5.69 Å². The van der Waals surface area contributed by atoms with Gasteiger partial charge in [0.05, 0.1) is 12.6 Å². The van der Waals surface area contributed by atoms with Crippen LogP contribution in [-0.4, -0.2) is 73.2 Å². The molecule has 8 heteroatoms. The number of carboxylic acids is 1. The lowest BCUT2D eigenvalue weighted by Crippen LogP contribution is -2.40. The third-order valence-corrected chi connectivity index (χ3v) is 7.32. The van der Waals surface area contributed by atoms with Crippen molar-refractivity contribution < 1.29 is 24.2 Å². The van der Waals surface area contributed by atoms with Crippen molar-refractivity contribution in [1.29, 1.82) is 0 Å². The fraction of sp³-hybridized carbons (Fsp3) is 0.577. The van der Waals surface area contributed by atoms with Gasteiger partial charge in [0.15, 0.2) is 0 Å². The van der Waals surface area contributed by atoms with E-state index in [1.807, 2.05) is 30.9 Å². The molecule has 3 aliphatic rings. The highest BCUT2D eigenvalue weighted by atomic mass is 16.5. The van der Waals surface area contributed by atoms with Gasteiger partial charge in [0.25, 0.3) is 5.91 Å². The van der Waals surface area contributed by atoms with E-state index in [2.05, 4.69) is 11.4 Å².